The standard InChI is InChI=1S/C23H26N2O5/c1-4-14-30-19-9-5-16(6-10-19)20-21(23(27)25(22(20)26)13-15-28-2)24-17-7-11-18(29-3)12-8-17/h5-12,24H,4,13-15H2,1-3H3. The van der Waals surface area contributed by atoms with Crippen LogP contribution in [0.3, 0.4) is 0 Å². The van der Waals surface area contributed by atoms with Crippen molar-refractivity contribution in [2.45, 2.75) is 13.3 Å². The summed E-state index contributed by atoms with van der Waals surface area (Å²) >= 11 is 0. The Balaban J connectivity index is 1.94. The molecule has 0 fully saturated rings. The predicted molar refractivity (Wildman–Crippen MR) is 114 cm³/mol. The molecular formula is C23H26N2O5. The molecule has 0 saturated heterocycles. The number of methoxy groups -OCH3 is 2. The Labute approximate surface area is 176 Å². The molecule has 30 heavy (non-hydrogen) atoms. The lowest BCUT2D eigenvalue weighted by Gasteiger charge is -2.14. The van der Waals surface area contributed by atoms with Crippen molar-refractivity contribution in [1.82, 2.24) is 4.90 Å². The number of ether oxygens (including phenoxy) is 3. The molecule has 1 heterocycles. The first-order valence-corrected chi connectivity index (χ1v) is 9.82. The highest BCUT2D eigenvalue weighted by atomic mass is 16.5. The van der Waals surface area contributed by atoms with Gasteiger partial charge < -0.3 is 19.5 Å². The first-order valence-electron chi connectivity index (χ1n) is 9.82. The molecule has 158 valence electrons. The SMILES string of the molecule is CCCOc1ccc(C2=C(Nc3ccc(OC)cc3)C(=O)N(CCOC)C2=O)cc1. The van der Waals surface area contributed by atoms with Crippen LogP contribution in [0.2, 0.25) is 0 Å². The molecule has 7 heteroatoms. The molecule has 0 aliphatic carbocycles. The lowest BCUT2D eigenvalue weighted by atomic mass is 10.0. The van der Waals surface area contributed by atoms with E-state index in [2.05, 4.69) is 5.32 Å². The molecule has 0 spiro atoms. The molecule has 7 nitrogen and oxygen atoms in total. The quantitative estimate of drug-likeness (QED) is 0.606. The third-order valence-electron chi connectivity index (χ3n) is 4.66. The number of benzene rings is 2. The summed E-state index contributed by atoms with van der Waals surface area (Å²) in [6.45, 7) is 3.11. The molecule has 0 aromatic heterocycles. The van der Waals surface area contributed by atoms with E-state index in [1.165, 1.54) is 12.0 Å². The number of imide groups is 1. The summed E-state index contributed by atoms with van der Waals surface area (Å²) in [7, 11) is 3.12. The van der Waals surface area contributed by atoms with Gasteiger partial charge in [0.05, 0.1) is 32.4 Å². The number of carbonyl (C=O) groups is 2. The Hall–Kier alpha value is -3.32. The Morgan fingerprint density at radius 1 is 0.867 bits per heavy atom. The van der Waals surface area contributed by atoms with E-state index in [-0.39, 0.29) is 30.7 Å². The van der Waals surface area contributed by atoms with Gasteiger partial charge in [-0.15, -0.1) is 0 Å². The van der Waals surface area contributed by atoms with Gasteiger partial charge in [-0.25, -0.2) is 0 Å². The Kier molecular flexibility index (Phi) is 7.08. The number of anilines is 1. The van der Waals surface area contributed by atoms with E-state index < -0.39 is 0 Å². The highest BCUT2D eigenvalue weighted by molar-refractivity contribution is 6.36. The van der Waals surface area contributed by atoms with Crippen molar-refractivity contribution in [3.63, 3.8) is 0 Å². The molecule has 2 aromatic carbocycles. The van der Waals surface area contributed by atoms with Gasteiger partial charge in [0.25, 0.3) is 11.8 Å². The van der Waals surface area contributed by atoms with Crippen molar-refractivity contribution >= 4 is 23.1 Å². The van der Waals surface area contributed by atoms with Crippen LogP contribution in [0.5, 0.6) is 11.5 Å². The molecule has 1 aliphatic rings. The Morgan fingerprint density at radius 3 is 2.13 bits per heavy atom. The first kappa shape index (κ1) is 21.4. The zero-order valence-electron chi connectivity index (χ0n) is 17.4. The molecule has 3 rings (SSSR count). The highest BCUT2D eigenvalue weighted by Crippen LogP contribution is 2.31. The van der Waals surface area contributed by atoms with Crippen molar-refractivity contribution in [2.75, 3.05) is 39.3 Å². The van der Waals surface area contributed by atoms with E-state index >= 15 is 0 Å². The molecule has 0 unspecified atom stereocenters. The summed E-state index contributed by atoms with van der Waals surface area (Å²) in [6, 6.07) is 14.3. The van der Waals surface area contributed by atoms with Gasteiger partial charge in [-0.1, -0.05) is 19.1 Å². The summed E-state index contributed by atoms with van der Waals surface area (Å²) in [6.07, 6.45) is 0.907. The molecule has 0 saturated carbocycles. The smallest absolute Gasteiger partial charge is 0.278 e. The van der Waals surface area contributed by atoms with Crippen LogP contribution in [0.1, 0.15) is 18.9 Å². The first-order chi connectivity index (χ1) is 14.6. The van der Waals surface area contributed by atoms with Crippen LogP contribution in [-0.2, 0) is 14.3 Å². The minimum Gasteiger partial charge on any atom is -0.497 e. The molecule has 1 N–H and O–H groups in total. The molecular weight excluding hydrogens is 384 g/mol. The largest absolute Gasteiger partial charge is 0.497 e. The Morgan fingerprint density at radius 2 is 1.53 bits per heavy atom. The summed E-state index contributed by atoms with van der Waals surface area (Å²) in [5, 5.41) is 3.12. The lowest BCUT2D eigenvalue weighted by Crippen LogP contribution is -2.35. The second-order valence-electron chi connectivity index (χ2n) is 6.73. The molecule has 0 bridgehead atoms. The number of carbonyl (C=O) groups excluding carboxylic acids is 2. The third kappa shape index (κ3) is 4.63. The molecule has 2 amide bonds. The zero-order chi connectivity index (χ0) is 21.5. The number of rotatable bonds is 10. The fourth-order valence-electron chi connectivity index (χ4n) is 3.10. The fourth-order valence-corrected chi connectivity index (χ4v) is 3.10. The van der Waals surface area contributed by atoms with Crippen LogP contribution in [-0.4, -0.2) is 50.7 Å². The zero-order valence-corrected chi connectivity index (χ0v) is 17.4. The van der Waals surface area contributed by atoms with E-state index in [1.807, 2.05) is 6.92 Å². The molecule has 2 aromatic rings. The van der Waals surface area contributed by atoms with Gasteiger partial charge in [-0.2, -0.15) is 0 Å². The van der Waals surface area contributed by atoms with Gasteiger partial charge in [0.1, 0.15) is 17.2 Å². The van der Waals surface area contributed by atoms with Crippen LogP contribution in [0.4, 0.5) is 5.69 Å². The minimum atomic E-state index is -0.380. The van der Waals surface area contributed by atoms with E-state index in [4.69, 9.17) is 14.2 Å². The molecule has 0 radical (unpaired) electrons. The molecule has 1 aliphatic heterocycles. The number of nitrogens with one attached hydrogen (secondary N) is 1. The van der Waals surface area contributed by atoms with Crippen molar-refractivity contribution in [1.29, 1.82) is 0 Å². The topological polar surface area (TPSA) is 77.1 Å². The van der Waals surface area contributed by atoms with Crippen LogP contribution >= 0.6 is 0 Å². The monoisotopic (exact) mass is 410 g/mol. The maximum Gasteiger partial charge on any atom is 0.278 e. The number of amides is 2. The van der Waals surface area contributed by atoms with Gasteiger partial charge in [0, 0.05) is 12.8 Å². The van der Waals surface area contributed by atoms with E-state index in [0.29, 0.717) is 29.2 Å². The van der Waals surface area contributed by atoms with E-state index in [1.54, 1.807) is 55.6 Å². The predicted octanol–water partition coefficient (Wildman–Crippen LogP) is 3.32. The lowest BCUT2D eigenvalue weighted by molar-refractivity contribution is -0.137. The van der Waals surface area contributed by atoms with Crippen LogP contribution < -0.4 is 14.8 Å². The van der Waals surface area contributed by atoms with Crippen LogP contribution in [0, 0.1) is 0 Å². The van der Waals surface area contributed by atoms with Crippen LogP contribution in [0.25, 0.3) is 5.57 Å². The molecule has 0 atom stereocenters. The maximum atomic E-state index is 13.1. The average Bonchev–Trinajstić information content (AvgIpc) is 3.00. The van der Waals surface area contributed by atoms with Gasteiger partial charge in [-0.3, -0.25) is 14.5 Å². The number of nitrogens with zero attached hydrogens (tertiary/aromatic N) is 1. The minimum absolute atomic E-state index is 0.184. The van der Waals surface area contributed by atoms with Gasteiger partial charge >= 0.3 is 0 Å². The van der Waals surface area contributed by atoms with Crippen LogP contribution in [0.15, 0.2) is 54.2 Å². The van der Waals surface area contributed by atoms with E-state index in [9.17, 15) is 9.59 Å². The van der Waals surface area contributed by atoms with Crippen molar-refractivity contribution < 1.29 is 23.8 Å². The van der Waals surface area contributed by atoms with Gasteiger partial charge in [-0.05, 0) is 48.4 Å². The second-order valence-corrected chi connectivity index (χ2v) is 6.73. The van der Waals surface area contributed by atoms with Gasteiger partial charge in [0.15, 0.2) is 0 Å². The average molecular weight is 410 g/mol. The third-order valence-corrected chi connectivity index (χ3v) is 4.66. The summed E-state index contributed by atoms with van der Waals surface area (Å²) < 4.78 is 15.8. The maximum absolute atomic E-state index is 13.1. The number of hydrogen-bond donors (Lipinski definition) is 1. The highest BCUT2D eigenvalue weighted by Gasteiger charge is 2.38. The van der Waals surface area contributed by atoms with Crippen molar-refractivity contribution in [3.05, 3.63) is 59.8 Å². The number of hydrogen-bond acceptors (Lipinski definition) is 6. The van der Waals surface area contributed by atoms with Gasteiger partial charge in [0.2, 0.25) is 0 Å². The van der Waals surface area contributed by atoms with E-state index in [0.717, 1.165) is 12.2 Å². The summed E-state index contributed by atoms with van der Waals surface area (Å²) in [4.78, 5) is 27.3. The normalized spacial score (nSPS) is 13.8. The van der Waals surface area contributed by atoms with Crippen molar-refractivity contribution in [3.8, 4) is 11.5 Å². The summed E-state index contributed by atoms with van der Waals surface area (Å²) in [5.41, 5.74) is 1.89. The fraction of sp³-hybridized carbons (Fsp3) is 0.304. The second kappa shape index (κ2) is 9.93. The van der Waals surface area contributed by atoms with Crippen molar-refractivity contribution in [2.24, 2.45) is 0 Å². The Bertz CT molecular complexity index is 920. The summed E-state index contributed by atoms with van der Waals surface area (Å²) in [5.74, 6) is 0.691.